The SMILES string of the molecule is O=C(CSc1nc2cc(Cl)ccc2c(=O)n1-c1ccc(Cl)cc1)Nc1ccc(O)cc1. The third-order valence-electron chi connectivity index (χ3n) is 4.37. The summed E-state index contributed by atoms with van der Waals surface area (Å²) in [6, 6.07) is 17.8. The number of carbonyl (C=O) groups excluding carboxylic acids is 1. The largest absolute Gasteiger partial charge is 0.508 e. The number of hydrogen-bond acceptors (Lipinski definition) is 5. The van der Waals surface area contributed by atoms with Gasteiger partial charge in [0, 0.05) is 15.7 Å². The number of nitrogens with one attached hydrogen (secondary N) is 1. The van der Waals surface area contributed by atoms with Crippen LogP contribution in [0.5, 0.6) is 5.75 Å². The first-order valence-electron chi connectivity index (χ1n) is 9.10. The maximum Gasteiger partial charge on any atom is 0.266 e. The zero-order chi connectivity index (χ0) is 22.0. The van der Waals surface area contributed by atoms with E-state index in [2.05, 4.69) is 10.3 Å². The number of anilines is 1. The molecule has 0 aliphatic heterocycles. The number of rotatable bonds is 5. The van der Waals surface area contributed by atoms with Crippen LogP contribution in [-0.4, -0.2) is 26.3 Å². The quantitative estimate of drug-likeness (QED) is 0.239. The molecule has 31 heavy (non-hydrogen) atoms. The standard InChI is InChI=1S/C22H15Cl2N3O3S/c23-13-1-6-16(7-2-13)27-21(30)18-10-3-14(24)11-19(18)26-22(27)31-12-20(29)25-15-4-8-17(28)9-5-15/h1-11,28H,12H2,(H,25,29). The van der Waals surface area contributed by atoms with E-state index in [0.29, 0.717) is 37.5 Å². The average Bonchev–Trinajstić information content (AvgIpc) is 2.75. The Morgan fingerprint density at radius 3 is 2.39 bits per heavy atom. The summed E-state index contributed by atoms with van der Waals surface area (Å²) in [4.78, 5) is 30.2. The van der Waals surface area contributed by atoms with Gasteiger partial charge in [-0.25, -0.2) is 4.98 Å². The number of fused-ring (bicyclic) bond motifs is 1. The fourth-order valence-electron chi connectivity index (χ4n) is 2.93. The summed E-state index contributed by atoms with van der Waals surface area (Å²) >= 11 is 13.2. The molecule has 6 nitrogen and oxygen atoms in total. The molecule has 1 aromatic heterocycles. The second-order valence-electron chi connectivity index (χ2n) is 6.56. The molecule has 0 saturated carbocycles. The summed E-state index contributed by atoms with van der Waals surface area (Å²) in [5.74, 6) is -0.148. The van der Waals surface area contributed by atoms with Crippen molar-refractivity contribution in [1.82, 2.24) is 9.55 Å². The normalized spacial score (nSPS) is 10.9. The zero-order valence-corrected chi connectivity index (χ0v) is 18.2. The Morgan fingerprint density at radius 1 is 1.00 bits per heavy atom. The summed E-state index contributed by atoms with van der Waals surface area (Å²) in [5, 5.41) is 13.9. The molecule has 0 saturated heterocycles. The monoisotopic (exact) mass is 471 g/mol. The summed E-state index contributed by atoms with van der Waals surface area (Å²) in [6.45, 7) is 0. The lowest BCUT2D eigenvalue weighted by Crippen LogP contribution is -2.23. The molecular weight excluding hydrogens is 457 g/mol. The van der Waals surface area contributed by atoms with Crippen molar-refractivity contribution in [1.29, 1.82) is 0 Å². The highest BCUT2D eigenvalue weighted by Crippen LogP contribution is 2.24. The molecule has 0 radical (unpaired) electrons. The van der Waals surface area contributed by atoms with E-state index in [4.69, 9.17) is 23.2 Å². The third kappa shape index (κ3) is 4.85. The minimum atomic E-state index is -0.279. The summed E-state index contributed by atoms with van der Waals surface area (Å²) < 4.78 is 1.45. The molecule has 1 amide bonds. The van der Waals surface area contributed by atoms with Gasteiger partial charge in [-0.2, -0.15) is 0 Å². The molecule has 0 fully saturated rings. The van der Waals surface area contributed by atoms with Crippen LogP contribution in [0.3, 0.4) is 0 Å². The van der Waals surface area contributed by atoms with Crippen molar-refractivity contribution in [2.45, 2.75) is 5.16 Å². The van der Waals surface area contributed by atoms with E-state index >= 15 is 0 Å². The number of aromatic hydroxyl groups is 1. The molecule has 1 heterocycles. The van der Waals surface area contributed by atoms with Crippen molar-refractivity contribution in [2.75, 3.05) is 11.1 Å². The van der Waals surface area contributed by atoms with E-state index in [9.17, 15) is 14.7 Å². The number of hydrogen-bond donors (Lipinski definition) is 2. The van der Waals surface area contributed by atoms with Gasteiger partial charge < -0.3 is 10.4 Å². The molecule has 9 heteroatoms. The number of thioether (sulfide) groups is 1. The Bertz CT molecular complexity index is 1320. The van der Waals surface area contributed by atoms with Crippen molar-refractivity contribution in [3.8, 4) is 11.4 Å². The number of carbonyl (C=O) groups is 1. The van der Waals surface area contributed by atoms with Crippen molar-refractivity contribution in [2.24, 2.45) is 0 Å². The van der Waals surface area contributed by atoms with Crippen molar-refractivity contribution < 1.29 is 9.90 Å². The fourth-order valence-corrected chi connectivity index (χ4v) is 4.03. The molecule has 0 atom stereocenters. The molecule has 0 aliphatic carbocycles. The minimum absolute atomic E-state index is 0.0208. The van der Waals surface area contributed by atoms with Gasteiger partial charge in [0.05, 0.1) is 22.3 Å². The van der Waals surface area contributed by atoms with Crippen LogP contribution in [0.4, 0.5) is 5.69 Å². The molecular formula is C22H15Cl2N3O3S. The van der Waals surface area contributed by atoms with Gasteiger partial charge in [-0.15, -0.1) is 0 Å². The van der Waals surface area contributed by atoms with Gasteiger partial charge >= 0.3 is 0 Å². The Balaban J connectivity index is 1.68. The van der Waals surface area contributed by atoms with Gasteiger partial charge in [0.2, 0.25) is 5.91 Å². The Hall–Kier alpha value is -3.00. The molecule has 2 N–H and O–H groups in total. The van der Waals surface area contributed by atoms with E-state index in [-0.39, 0.29) is 23.0 Å². The number of nitrogens with zero attached hydrogens (tertiary/aromatic N) is 2. The first-order valence-corrected chi connectivity index (χ1v) is 10.8. The Kier molecular flexibility index (Phi) is 6.18. The molecule has 0 spiro atoms. The smallest absolute Gasteiger partial charge is 0.266 e. The highest BCUT2D eigenvalue weighted by molar-refractivity contribution is 7.99. The lowest BCUT2D eigenvalue weighted by molar-refractivity contribution is -0.113. The van der Waals surface area contributed by atoms with Crippen molar-refractivity contribution in [3.05, 3.63) is 87.1 Å². The van der Waals surface area contributed by atoms with Gasteiger partial charge in [0.1, 0.15) is 5.75 Å². The molecule has 4 rings (SSSR count). The molecule has 0 bridgehead atoms. The van der Waals surface area contributed by atoms with Crippen LogP contribution < -0.4 is 10.9 Å². The molecule has 3 aromatic carbocycles. The van der Waals surface area contributed by atoms with Crippen molar-refractivity contribution >= 4 is 57.5 Å². The number of amides is 1. The number of benzene rings is 3. The maximum atomic E-state index is 13.2. The maximum absolute atomic E-state index is 13.2. The summed E-state index contributed by atoms with van der Waals surface area (Å²) in [7, 11) is 0. The van der Waals surface area contributed by atoms with Gasteiger partial charge in [-0.3, -0.25) is 14.2 Å². The van der Waals surface area contributed by atoms with Crippen LogP contribution in [0.15, 0.2) is 76.7 Å². The topological polar surface area (TPSA) is 84.2 Å². The first kappa shape index (κ1) is 21.2. The van der Waals surface area contributed by atoms with Gasteiger partial charge in [0.15, 0.2) is 5.16 Å². The first-order chi connectivity index (χ1) is 14.9. The van der Waals surface area contributed by atoms with Crippen LogP contribution in [0.2, 0.25) is 10.0 Å². The van der Waals surface area contributed by atoms with Crippen LogP contribution in [0, 0.1) is 0 Å². The molecule has 0 aliphatic rings. The second-order valence-corrected chi connectivity index (χ2v) is 8.37. The molecule has 156 valence electrons. The number of phenolic OH excluding ortho intramolecular Hbond substituents is 1. The zero-order valence-electron chi connectivity index (χ0n) is 15.9. The van der Waals surface area contributed by atoms with E-state index in [0.717, 1.165) is 11.8 Å². The number of halogens is 2. The number of aromatic nitrogens is 2. The molecule has 4 aromatic rings. The van der Waals surface area contributed by atoms with E-state index < -0.39 is 0 Å². The summed E-state index contributed by atoms with van der Waals surface area (Å²) in [5.41, 5.74) is 1.31. The highest BCUT2D eigenvalue weighted by atomic mass is 35.5. The lowest BCUT2D eigenvalue weighted by atomic mass is 10.2. The van der Waals surface area contributed by atoms with E-state index in [1.165, 1.54) is 16.7 Å². The van der Waals surface area contributed by atoms with Gasteiger partial charge in [-0.1, -0.05) is 35.0 Å². The highest BCUT2D eigenvalue weighted by Gasteiger charge is 2.15. The van der Waals surface area contributed by atoms with Crippen molar-refractivity contribution in [3.63, 3.8) is 0 Å². The Labute approximate surface area is 191 Å². The van der Waals surface area contributed by atoms with Crippen LogP contribution >= 0.6 is 35.0 Å². The van der Waals surface area contributed by atoms with Crippen LogP contribution in [-0.2, 0) is 4.79 Å². The van der Waals surface area contributed by atoms with E-state index in [1.807, 2.05) is 0 Å². The predicted octanol–water partition coefficient (Wildman–Crippen LogP) is 5.13. The summed E-state index contributed by atoms with van der Waals surface area (Å²) in [6.07, 6.45) is 0. The van der Waals surface area contributed by atoms with E-state index in [1.54, 1.807) is 54.6 Å². The minimum Gasteiger partial charge on any atom is -0.508 e. The van der Waals surface area contributed by atoms with Crippen LogP contribution in [0.1, 0.15) is 0 Å². The molecule has 0 unspecified atom stereocenters. The fraction of sp³-hybridized carbons (Fsp3) is 0.0455. The Morgan fingerprint density at radius 2 is 1.68 bits per heavy atom. The lowest BCUT2D eigenvalue weighted by Gasteiger charge is -2.13. The number of phenols is 1. The predicted molar refractivity (Wildman–Crippen MR) is 125 cm³/mol. The third-order valence-corrected chi connectivity index (χ3v) is 5.79. The van der Waals surface area contributed by atoms with Crippen LogP contribution in [0.25, 0.3) is 16.6 Å². The van der Waals surface area contributed by atoms with Gasteiger partial charge in [0.25, 0.3) is 5.56 Å². The average molecular weight is 472 g/mol. The second kappa shape index (κ2) is 9.01. The van der Waals surface area contributed by atoms with Gasteiger partial charge in [-0.05, 0) is 66.7 Å².